The van der Waals surface area contributed by atoms with Crippen LogP contribution in [0.2, 0.25) is 0 Å². The van der Waals surface area contributed by atoms with Crippen LogP contribution in [0, 0.1) is 5.92 Å². The van der Waals surface area contributed by atoms with Gasteiger partial charge in [-0.2, -0.15) is 0 Å². The zero-order valence-corrected chi connectivity index (χ0v) is 12.9. The molecule has 0 aromatic heterocycles. The largest absolute Gasteiger partial charge is 0.493 e. The summed E-state index contributed by atoms with van der Waals surface area (Å²) < 4.78 is 10.4. The molecule has 1 aromatic rings. The molecule has 0 spiro atoms. The normalized spacial score (nSPS) is 17.9. The summed E-state index contributed by atoms with van der Waals surface area (Å²) in [5.41, 5.74) is 0.820. The molecule has 1 saturated heterocycles. The fourth-order valence-corrected chi connectivity index (χ4v) is 2.68. The van der Waals surface area contributed by atoms with Crippen LogP contribution < -0.4 is 9.47 Å². The molecular formula is C16H21NO5. The first kappa shape index (κ1) is 16.1. The van der Waals surface area contributed by atoms with E-state index in [0.717, 1.165) is 12.0 Å². The number of nitrogens with zero attached hydrogens (tertiary/aromatic N) is 1. The second-order valence-electron chi connectivity index (χ2n) is 5.38. The molecule has 1 amide bonds. The number of aliphatic carboxylic acids is 1. The van der Waals surface area contributed by atoms with Gasteiger partial charge in [-0.25, -0.2) is 0 Å². The molecule has 1 aliphatic heterocycles. The van der Waals surface area contributed by atoms with E-state index in [9.17, 15) is 9.59 Å². The number of benzene rings is 1. The van der Waals surface area contributed by atoms with E-state index in [1.54, 1.807) is 31.3 Å². The Bertz CT molecular complexity index is 557. The Labute approximate surface area is 129 Å². The summed E-state index contributed by atoms with van der Waals surface area (Å²) in [5, 5.41) is 9.09. The zero-order valence-electron chi connectivity index (χ0n) is 12.9. The number of carbonyl (C=O) groups is 2. The Morgan fingerprint density at radius 2 is 2.00 bits per heavy atom. The van der Waals surface area contributed by atoms with Crippen LogP contribution in [0.5, 0.6) is 11.5 Å². The number of methoxy groups -OCH3 is 2. The van der Waals surface area contributed by atoms with Crippen LogP contribution in [0.1, 0.15) is 18.4 Å². The Kier molecular flexibility index (Phi) is 5.25. The third-order valence-electron chi connectivity index (χ3n) is 3.93. The summed E-state index contributed by atoms with van der Waals surface area (Å²) in [4.78, 5) is 25.1. The molecular weight excluding hydrogens is 286 g/mol. The smallest absolute Gasteiger partial charge is 0.308 e. The maximum atomic E-state index is 12.4. The first-order chi connectivity index (χ1) is 10.5. The average molecular weight is 307 g/mol. The number of carboxylic acid groups (broad SMARTS) is 1. The molecule has 1 atom stereocenters. The van der Waals surface area contributed by atoms with Crippen molar-refractivity contribution in [2.45, 2.75) is 19.3 Å². The topological polar surface area (TPSA) is 76.1 Å². The van der Waals surface area contributed by atoms with Crippen molar-refractivity contribution in [3.05, 3.63) is 23.8 Å². The van der Waals surface area contributed by atoms with Gasteiger partial charge in [0, 0.05) is 13.1 Å². The van der Waals surface area contributed by atoms with Gasteiger partial charge in [0.05, 0.1) is 26.6 Å². The minimum Gasteiger partial charge on any atom is -0.493 e. The average Bonchev–Trinajstić information content (AvgIpc) is 2.54. The lowest BCUT2D eigenvalue weighted by Crippen LogP contribution is -2.42. The molecule has 0 radical (unpaired) electrons. The second-order valence-corrected chi connectivity index (χ2v) is 5.38. The standard InChI is InChI=1S/C16H21NO5/c1-21-13-6-5-11(8-14(13)22-2)9-15(18)17-7-3-4-12(10-17)16(19)20/h5-6,8,12H,3-4,7,9-10H2,1-2H3,(H,19,20)/t12-/m1/s1. The fraction of sp³-hybridized carbons (Fsp3) is 0.500. The summed E-state index contributed by atoms with van der Waals surface area (Å²) >= 11 is 0. The Balaban J connectivity index is 2.04. The fourth-order valence-electron chi connectivity index (χ4n) is 2.68. The lowest BCUT2D eigenvalue weighted by atomic mass is 9.97. The molecule has 120 valence electrons. The number of piperidine rings is 1. The highest BCUT2D eigenvalue weighted by atomic mass is 16.5. The third-order valence-corrected chi connectivity index (χ3v) is 3.93. The van der Waals surface area contributed by atoms with Gasteiger partial charge >= 0.3 is 5.97 Å². The van der Waals surface area contributed by atoms with Gasteiger partial charge in [-0.1, -0.05) is 6.07 Å². The zero-order chi connectivity index (χ0) is 16.1. The molecule has 0 aliphatic carbocycles. The lowest BCUT2D eigenvalue weighted by Gasteiger charge is -2.30. The van der Waals surface area contributed by atoms with Crippen LogP contribution in [-0.2, 0) is 16.0 Å². The number of carboxylic acids is 1. The van der Waals surface area contributed by atoms with Crippen molar-refractivity contribution in [2.75, 3.05) is 27.3 Å². The van der Waals surface area contributed by atoms with Gasteiger partial charge in [0.1, 0.15) is 0 Å². The van der Waals surface area contributed by atoms with E-state index in [-0.39, 0.29) is 12.3 Å². The van der Waals surface area contributed by atoms with Crippen molar-refractivity contribution < 1.29 is 24.2 Å². The van der Waals surface area contributed by atoms with Crippen LogP contribution in [0.3, 0.4) is 0 Å². The monoisotopic (exact) mass is 307 g/mol. The first-order valence-corrected chi connectivity index (χ1v) is 7.26. The molecule has 6 heteroatoms. The molecule has 1 heterocycles. The minimum atomic E-state index is -0.830. The lowest BCUT2D eigenvalue weighted by molar-refractivity contribution is -0.145. The molecule has 1 fully saturated rings. The molecule has 22 heavy (non-hydrogen) atoms. The first-order valence-electron chi connectivity index (χ1n) is 7.26. The van der Waals surface area contributed by atoms with Crippen molar-refractivity contribution >= 4 is 11.9 Å². The van der Waals surface area contributed by atoms with Crippen molar-refractivity contribution in [3.63, 3.8) is 0 Å². The predicted molar refractivity (Wildman–Crippen MR) is 80.2 cm³/mol. The number of likely N-dealkylation sites (tertiary alicyclic amines) is 1. The number of rotatable bonds is 5. The number of hydrogen-bond donors (Lipinski definition) is 1. The maximum absolute atomic E-state index is 12.4. The number of hydrogen-bond acceptors (Lipinski definition) is 4. The molecule has 0 unspecified atom stereocenters. The highest BCUT2D eigenvalue weighted by Crippen LogP contribution is 2.28. The van der Waals surface area contributed by atoms with Gasteiger partial charge in [-0.3, -0.25) is 9.59 Å². The highest BCUT2D eigenvalue weighted by molar-refractivity contribution is 5.80. The van der Waals surface area contributed by atoms with E-state index in [1.807, 2.05) is 6.07 Å². The summed E-state index contributed by atoms with van der Waals surface area (Å²) in [7, 11) is 3.11. The molecule has 2 rings (SSSR count). The van der Waals surface area contributed by atoms with Crippen LogP contribution in [0.15, 0.2) is 18.2 Å². The SMILES string of the molecule is COc1ccc(CC(=O)N2CCC[C@@H](C(=O)O)C2)cc1OC. The summed E-state index contributed by atoms with van der Waals surface area (Å²) in [5.74, 6) is -0.151. The Morgan fingerprint density at radius 3 is 2.64 bits per heavy atom. The van der Waals surface area contributed by atoms with Gasteiger partial charge in [0.15, 0.2) is 11.5 Å². The summed E-state index contributed by atoms with van der Waals surface area (Å²) in [6, 6.07) is 5.35. The van der Waals surface area contributed by atoms with E-state index in [2.05, 4.69) is 0 Å². The third kappa shape index (κ3) is 3.69. The molecule has 1 aromatic carbocycles. The quantitative estimate of drug-likeness (QED) is 0.893. The van der Waals surface area contributed by atoms with E-state index in [0.29, 0.717) is 31.0 Å². The molecule has 6 nitrogen and oxygen atoms in total. The Morgan fingerprint density at radius 1 is 1.27 bits per heavy atom. The van der Waals surface area contributed by atoms with Crippen LogP contribution >= 0.6 is 0 Å². The van der Waals surface area contributed by atoms with Gasteiger partial charge < -0.3 is 19.5 Å². The molecule has 0 saturated carbocycles. The van der Waals surface area contributed by atoms with Crippen LogP contribution in [0.25, 0.3) is 0 Å². The maximum Gasteiger partial charge on any atom is 0.308 e. The minimum absolute atomic E-state index is 0.0573. The van der Waals surface area contributed by atoms with Crippen molar-refractivity contribution in [1.29, 1.82) is 0 Å². The van der Waals surface area contributed by atoms with Gasteiger partial charge in [-0.05, 0) is 30.5 Å². The van der Waals surface area contributed by atoms with Crippen molar-refractivity contribution in [2.24, 2.45) is 5.92 Å². The highest BCUT2D eigenvalue weighted by Gasteiger charge is 2.28. The van der Waals surface area contributed by atoms with E-state index < -0.39 is 11.9 Å². The predicted octanol–water partition coefficient (Wildman–Crippen LogP) is 1.57. The molecule has 1 N–H and O–H groups in total. The van der Waals surface area contributed by atoms with Crippen LogP contribution in [-0.4, -0.2) is 49.2 Å². The molecule has 0 bridgehead atoms. The number of ether oxygens (including phenoxy) is 2. The number of amides is 1. The Hall–Kier alpha value is -2.24. The summed E-state index contributed by atoms with van der Waals surface area (Å²) in [6.07, 6.45) is 1.59. The second kappa shape index (κ2) is 7.15. The van der Waals surface area contributed by atoms with E-state index in [4.69, 9.17) is 14.6 Å². The number of carbonyl (C=O) groups excluding carboxylic acids is 1. The molecule has 1 aliphatic rings. The summed E-state index contributed by atoms with van der Waals surface area (Å²) in [6.45, 7) is 0.914. The van der Waals surface area contributed by atoms with Gasteiger partial charge in [-0.15, -0.1) is 0 Å². The van der Waals surface area contributed by atoms with E-state index in [1.165, 1.54) is 0 Å². The van der Waals surface area contributed by atoms with Crippen molar-refractivity contribution in [3.8, 4) is 11.5 Å². The van der Waals surface area contributed by atoms with Crippen molar-refractivity contribution in [1.82, 2.24) is 4.90 Å². The van der Waals surface area contributed by atoms with E-state index >= 15 is 0 Å². The van der Waals surface area contributed by atoms with Crippen LogP contribution in [0.4, 0.5) is 0 Å². The van der Waals surface area contributed by atoms with Gasteiger partial charge in [0.2, 0.25) is 5.91 Å². The van der Waals surface area contributed by atoms with Gasteiger partial charge in [0.25, 0.3) is 0 Å².